The maximum atomic E-state index is 13.5. The number of aliphatic hydroxyl groups excluding tert-OH is 1. The van der Waals surface area contributed by atoms with E-state index in [0.29, 0.717) is 6.04 Å². The summed E-state index contributed by atoms with van der Waals surface area (Å²) < 4.78 is 13.5. The van der Waals surface area contributed by atoms with Gasteiger partial charge in [0.25, 0.3) is 0 Å². The minimum Gasteiger partial charge on any atom is -0.396 e. The summed E-state index contributed by atoms with van der Waals surface area (Å²) in [6.07, 6.45) is 4.83. The van der Waals surface area contributed by atoms with E-state index in [2.05, 4.69) is 5.32 Å². The number of halogens is 1. The van der Waals surface area contributed by atoms with Gasteiger partial charge in [0, 0.05) is 12.6 Å². The van der Waals surface area contributed by atoms with Crippen molar-refractivity contribution in [3.05, 3.63) is 35.1 Å². The fourth-order valence-electron chi connectivity index (χ4n) is 2.51. The Hall–Kier alpha value is -0.930. The highest BCUT2D eigenvalue weighted by atomic mass is 19.1. The molecule has 1 aromatic rings. The van der Waals surface area contributed by atoms with Crippen molar-refractivity contribution >= 4 is 0 Å². The van der Waals surface area contributed by atoms with E-state index in [4.69, 9.17) is 5.11 Å². The van der Waals surface area contributed by atoms with Crippen molar-refractivity contribution in [1.29, 1.82) is 0 Å². The smallest absolute Gasteiger partial charge is 0.126 e. The van der Waals surface area contributed by atoms with Gasteiger partial charge >= 0.3 is 0 Å². The van der Waals surface area contributed by atoms with Crippen LogP contribution in [0.15, 0.2) is 18.2 Å². The SMILES string of the molecule is OCCCCCNC1CCc2c(F)cccc21. The van der Waals surface area contributed by atoms with Gasteiger partial charge in [0.2, 0.25) is 0 Å². The van der Waals surface area contributed by atoms with Gasteiger partial charge in [-0.05, 0) is 55.8 Å². The number of benzene rings is 1. The lowest BCUT2D eigenvalue weighted by molar-refractivity contribution is 0.282. The number of rotatable bonds is 6. The van der Waals surface area contributed by atoms with Crippen LogP contribution < -0.4 is 5.32 Å². The maximum Gasteiger partial charge on any atom is 0.126 e. The minimum atomic E-state index is -0.0629. The molecule has 1 unspecified atom stereocenters. The maximum absolute atomic E-state index is 13.5. The van der Waals surface area contributed by atoms with Crippen LogP contribution in [0, 0.1) is 5.82 Å². The van der Waals surface area contributed by atoms with E-state index in [1.54, 1.807) is 12.1 Å². The number of nitrogens with one attached hydrogen (secondary N) is 1. The molecule has 0 spiro atoms. The van der Waals surface area contributed by atoms with Gasteiger partial charge in [0.15, 0.2) is 0 Å². The van der Waals surface area contributed by atoms with Crippen molar-refractivity contribution < 1.29 is 9.50 Å². The molecule has 2 nitrogen and oxygen atoms in total. The first-order valence-corrected chi connectivity index (χ1v) is 6.44. The fourth-order valence-corrected chi connectivity index (χ4v) is 2.51. The summed E-state index contributed by atoms with van der Waals surface area (Å²) in [5, 5.41) is 12.2. The van der Waals surface area contributed by atoms with Crippen molar-refractivity contribution in [3.63, 3.8) is 0 Å². The normalized spacial score (nSPS) is 18.4. The van der Waals surface area contributed by atoms with Gasteiger partial charge in [-0.1, -0.05) is 12.1 Å². The molecule has 0 bridgehead atoms. The van der Waals surface area contributed by atoms with Crippen LogP contribution in [0.2, 0.25) is 0 Å². The van der Waals surface area contributed by atoms with Crippen molar-refractivity contribution in [2.45, 2.75) is 38.1 Å². The molecule has 3 heteroatoms. The van der Waals surface area contributed by atoms with E-state index in [1.807, 2.05) is 6.07 Å². The molecule has 2 rings (SSSR count). The van der Waals surface area contributed by atoms with Crippen LogP contribution in [0.3, 0.4) is 0 Å². The Bertz CT molecular complexity index is 367. The summed E-state index contributed by atoms with van der Waals surface area (Å²) in [5.41, 5.74) is 2.02. The molecule has 0 saturated carbocycles. The van der Waals surface area contributed by atoms with Crippen LogP contribution in [0.1, 0.15) is 42.9 Å². The van der Waals surface area contributed by atoms with Gasteiger partial charge in [-0.2, -0.15) is 0 Å². The third kappa shape index (κ3) is 3.05. The summed E-state index contributed by atoms with van der Waals surface area (Å²) in [4.78, 5) is 0. The molecule has 1 atom stereocenters. The lowest BCUT2D eigenvalue weighted by atomic mass is 10.1. The van der Waals surface area contributed by atoms with E-state index in [1.165, 1.54) is 0 Å². The van der Waals surface area contributed by atoms with Crippen LogP contribution >= 0.6 is 0 Å². The summed E-state index contributed by atoms with van der Waals surface area (Å²) >= 11 is 0. The minimum absolute atomic E-state index is 0.0629. The summed E-state index contributed by atoms with van der Waals surface area (Å²) in [6, 6.07) is 5.67. The van der Waals surface area contributed by atoms with Crippen LogP contribution in [-0.2, 0) is 6.42 Å². The quantitative estimate of drug-likeness (QED) is 0.745. The topological polar surface area (TPSA) is 32.3 Å². The third-order valence-corrected chi connectivity index (χ3v) is 3.44. The number of hydrogen-bond donors (Lipinski definition) is 2. The average molecular weight is 237 g/mol. The zero-order valence-corrected chi connectivity index (χ0v) is 10.1. The zero-order chi connectivity index (χ0) is 12.1. The van der Waals surface area contributed by atoms with Gasteiger partial charge < -0.3 is 10.4 Å². The van der Waals surface area contributed by atoms with Crippen LogP contribution in [0.5, 0.6) is 0 Å². The van der Waals surface area contributed by atoms with Crippen molar-refractivity contribution in [1.82, 2.24) is 5.32 Å². The molecule has 2 N–H and O–H groups in total. The second-order valence-electron chi connectivity index (χ2n) is 4.64. The Morgan fingerprint density at radius 3 is 3.00 bits per heavy atom. The molecular weight excluding hydrogens is 217 g/mol. The lowest BCUT2D eigenvalue weighted by Gasteiger charge is -2.13. The molecule has 0 saturated heterocycles. The van der Waals surface area contributed by atoms with Gasteiger partial charge in [0.05, 0.1) is 0 Å². The Balaban J connectivity index is 1.83. The number of unbranched alkanes of at least 4 members (excludes halogenated alkanes) is 2. The molecule has 1 aliphatic rings. The average Bonchev–Trinajstić information content (AvgIpc) is 2.74. The van der Waals surface area contributed by atoms with E-state index in [9.17, 15) is 4.39 Å². The highest BCUT2D eigenvalue weighted by Gasteiger charge is 2.23. The number of hydrogen-bond acceptors (Lipinski definition) is 2. The van der Waals surface area contributed by atoms with Gasteiger partial charge in [-0.15, -0.1) is 0 Å². The van der Waals surface area contributed by atoms with Crippen LogP contribution in [0.4, 0.5) is 4.39 Å². The Morgan fingerprint density at radius 1 is 1.29 bits per heavy atom. The van der Waals surface area contributed by atoms with E-state index in [0.717, 1.165) is 49.8 Å². The first kappa shape index (κ1) is 12.5. The molecule has 0 fully saturated rings. The second-order valence-corrected chi connectivity index (χ2v) is 4.64. The molecule has 0 aromatic heterocycles. The monoisotopic (exact) mass is 237 g/mol. The van der Waals surface area contributed by atoms with Crippen LogP contribution in [-0.4, -0.2) is 18.3 Å². The van der Waals surface area contributed by atoms with Gasteiger partial charge in [0.1, 0.15) is 5.82 Å². The standard InChI is InChI=1S/C14H20FNO/c15-13-6-4-5-12-11(13)7-8-14(12)16-9-2-1-3-10-17/h4-6,14,16-17H,1-3,7-10H2. The Morgan fingerprint density at radius 2 is 2.18 bits per heavy atom. The first-order valence-electron chi connectivity index (χ1n) is 6.44. The number of fused-ring (bicyclic) bond motifs is 1. The third-order valence-electron chi connectivity index (χ3n) is 3.44. The van der Waals surface area contributed by atoms with Gasteiger partial charge in [-0.3, -0.25) is 0 Å². The highest BCUT2D eigenvalue weighted by molar-refractivity contribution is 5.35. The molecule has 0 heterocycles. The first-order chi connectivity index (χ1) is 8.33. The molecule has 17 heavy (non-hydrogen) atoms. The van der Waals surface area contributed by atoms with Gasteiger partial charge in [-0.25, -0.2) is 4.39 Å². The van der Waals surface area contributed by atoms with E-state index in [-0.39, 0.29) is 12.4 Å². The predicted octanol–water partition coefficient (Wildman–Crippen LogP) is 2.57. The molecule has 94 valence electrons. The second kappa shape index (κ2) is 6.12. The lowest BCUT2D eigenvalue weighted by Crippen LogP contribution is -2.20. The van der Waals surface area contributed by atoms with E-state index < -0.39 is 0 Å². The van der Waals surface area contributed by atoms with Crippen molar-refractivity contribution in [3.8, 4) is 0 Å². The molecule has 0 aliphatic heterocycles. The fraction of sp³-hybridized carbons (Fsp3) is 0.571. The van der Waals surface area contributed by atoms with E-state index >= 15 is 0 Å². The molecular formula is C14H20FNO. The summed E-state index contributed by atoms with van der Waals surface area (Å²) in [5.74, 6) is -0.0629. The molecule has 0 radical (unpaired) electrons. The van der Waals surface area contributed by atoms with Crippen molar-refractivity contribution in [2.75, 3.05) is 13.2 Å². The summed E-state index contributed by atoms with van der Waals surface area (Å²) in [7, 11) is 0. The molecule has 1 aromatic carbocycles. The number of aliphatic hydroxyl groups is 1. The largest absolute Gasteiger partial charge is 0.396 e. The summed E-state index contributed by atoms with van der Waals surface area (Å²) in [6.45, 7) is 1.22. The predicted molar refractivity (Wildman–Crippen MR) is 66.4 cm³/mol. The Kier molecular flexibility index (Phi) is 4.51. The van der Waals surface area contributed by atoms with Crippen LogP contribution in [0.25, 0.3) is 0 Å². The Labute approximate surface area is 102 Å². The molecule has 0 amide bonds. The zero-order valence-electron chi connectivity index (χ0n) is 10.1. The molecule has 1 aliphatic carbocycles. The van der Waals surface area contributed by atoms with Crippen molar-refractivity contribution in [2.24, 2.45) is 0 Å². The highest BCUT2D eigenvalue weighted by Crippen LogP contribution is 2.32.